The molecule has 1 N–H and O–H groups in total. The van der Waals surface area contributed by atoms with Crippen molar-refractivity contribution in [1.82, 2.24) is 5.32 Å². The third-order valence-electron chi connectivity index (χ3n) is 3.87. The van der Waals surface area contributed by atoms with E-state index in [2.05, 4.69) is 5.32 Å². The molecule has 0 spiro atoms. The van der Waals surface area contributed by atoms with E-state index >= 15 is 0 Å². The van der Waals surface area contributed by atoms with Crippen LogP contribution in [0.4, 0.5) is 10.1 Å². The Hall–Kier alpha value is -2.09. The minimum absolute atomic E-state index is 0.00578. The molecule has 2 fully saturated rings. The predicted octanol–water partition coefficient (Wildman–Crippen LogP) is 1.94. The van der Waals surface area contributed by atoms with Crippen LogP contribution in [0.2, 0.25) is 0 Å². The average Bonchev–Trinajstić information content (AvgIpc) is 3.12. The number of rotatable bonds is 3. The summed E-state index contributed by atoms with van der Waals surface area (Å²) in [5, 5.41) is 11.8. The molecule has 4 nitrogen and oxygen atoms in total. The summed E-state index contributed by atoms with van der Waals surface area (Å²) in [5.74, 6) is -0.441. The van der Waals surface area contributed by atoms with Gasteiger partial charge in [-0.1, -0.05) is 0 Å². The summed E-state index contributed by atoms with van der Waals surface area (Å²) in [4.78, 5) is 14.0. The average molecular weight is 273 g/mol. The minimum atomic E-state index is -0.435. The first-order valence-corrected chi connectivity index (χ1v) is 6.95. The van der Waals surface area contributed by atoms with Gasteiger partial charge in [0, 0.05) is 12.6 Å². The van der Waals surface area contributed by atoms with Crippen LogP contribution < -0.4 is 10.2 Å². The summed E-state index contributed by atoms with van der Waals surface area (Å²) in [7, 11) is 0. The molecule has 1 aromatic rings. The van der Waals surface area contributed by atoms with Gasteiger partial charge in [0.1, 0.15) is 11.9 Å². The fourth-order valence-electron chi connectivity index (χ4n) is 2.66. The van der Waals surface area contributed by atoms with E-state index in [1.54, 1.807) is 12.1 Å². The molecule has 5 heteroatoms. The van der Waals surface area contributed by atoms with Crippen molar-refractivity contribution in [3.63, 3.8) is 0 Å². The Morgan fingerprint density at radius 3 is 2.85 bits per heavy atom. The summed E-state index contributed by atoms with van der Waals surface area (Å²) < 4.78 is 14.1. The molecule has 1 saturated heterocycles. The van der Waals surface area contributed by atoms with Gasteiger partial charge in [-0.3, -0.25) is 4.79 Å². The number of benzene rings is 1. The van der Waals surface area contributed by atoms with Gasteiger partial charge in [0.2, 0.25) is 5.91 Å². The van der Waals surface area contributed by atoms with E-state index < -0.39 is 5.82 Å². The van der Waals surface area contributed by atoms with E-state index in [1.807, 2.05) is 11.0 Å². The Kier molecular flexibility index (Phi) is 3.31. The zero-order valence-corrected chi connectivity index (χ0v) is 11.1. The molecule has 3 rings (SSSR count). The van der Waals surface area contributed by atoms with E-state index in [0.29, 0.717) is 23.8 Å². The number of nitrogens with one attached hydrogen (secondary N) is 1. The van der Waals surface area contributed by atoms with Crippen molar-refractivity contribution in [2.75, 3.05) is 11.4 Å². The number of hydrogen-bond acceptors (Lipinski definition) is 3. The number of nitrogens with zero attached hydrogens (tertiary/aromatic N) is 2. The summed E-state index contributed by atoms with van der Waals surface area (Å²) in [6, 6.07) is 6.35. The molecule has 0 bridgehead atoms. The second-order valence-corrected chi connectivity index (χ2v) is 5.41. The molecule has 1 atom stereocenters. The van der Waals surface area contributed by atoms with Crippen molar-refractivity contribution >= 4 is 11.6 Å². The maximum Gasteiger partial charge on any atom is 0.242 e. The van der Waals surface area contributed by atoms with Crippen molar-refractivity contribution in [2.24, 2.45) is 0 Å². The van der Waals surface area contributed by atoms with Crippen molar-refractivity contribution in [2.45, 2.75) is 37.8 Å². The van der Waals surface area contributed by atoms with Gasteiger partial charge < -0.3 is 10.2 Å². The van der Waals surface area contributed by atoms with Gasteiger partial charge in [-0.25, -0.2) is 4.39 Å². The molecular formula is C15H16FN3O. The number of amides is 1. The lowest BCUT2D eigenvalue weighted by molar-refractivity contribution is -0.122. The number of carbonyl (C=O) groups excluding carboxylic acids is 1. The van der Waals surface area contributed by atoms with Crippen LogP contribution in [0.1, 0.15) is 31.2 Å². The van der Waals surface area contributed by atoms with Crippen LogP contribution in [-0.2, 0) is 4.79 Å². The molecule has 104 valence electrons. The zero-order chi connectivity index (χ0) is 14.1. The van der Waals surface area contributed by atoms with Crippen molar-refractivity contribution < 1.29 is 9.18 Å². The lowest BCUT2D eigenvalue weighted by atomic mass is 10.1. The van der Waals surface area contributed by atoms with E-state index in [4.69, 9.17) is 5.26 Å². The van der Waals surface area contributed by atoms with Crippen LogP contribution in [0.5, 0.6) is 0 Å². The smallest absolute Gasteiger partial charge is 0.242 e. The Balaban J connectivity index is 1.80. The summed E-state index contributed by atoms with van der Waals surface area (Å²) in [6.07, 6.45) is 3.72. The Morgan fingerprint density at radius 2 is 2.20 bits per heavy atom. The van der Waals surface area contributed by atoms with Gasteiger partial charge in [-0.05, 0) is 43.9 Å². The Morgan fingerprint density at radius 1 is 1.40 bits per heavy atom. The molecule has 0 radical (unpaired) electrons. The summed E-state index contributed by atoms with van der Waals surface area (Å²) in [6.45, 7) is 0.672. The number of carbonyl (C=O) groups is 1. The lowest BCUT2D eigenvalue weighted by Gasteiger charge is -2.26. The second-order valence-electron chi connectivity index (χ2n) is 5.41. The largest absolute Gasteiger partial charge is 0.357 e. The molecule has 1 aromatic carbocycles. The highest BCUT2D eigenvalue weighted by atomic mass is 19.1. The summed E-state index contributed by atoms with van der Waals surface area (Å²) in [5.41, 5.74) is 0.710. The third kappa shape index (κ3) is 2.46. The van der Waals surface area contributed by atoms with E-state index in [0.717, 1.165) is 25.7 Å². The maximum absolute atomic E-state index is 14.1. The topological polar surface area (TPSA) is 56.1 Å². The molecule has 0 unspecified atom stereocenters. The third-order valence-corrected chi connectivity index (χ3v) is 3.87. The quantitative estimate of drug-likeness (QED) is 0.915. The maximum atomic E-state index is 14.1. The Bertz CT molecular complexity index is 577. The zero-order valence-electron chi connectivity index (χ0n) is 11.1. The summed E-state index contributed by atoms with van der Waals surface area (Å²) >= 11 is 0. The van der Waals surface area contributed by atoms with Gasteiger partial charge in [0.05, 0.1) is 17.3 Å². The van der Waals surface area contributed by atoms with Gasteiger partial charge in [-0.2, -0.15) is 5.26 Å². The van der Waals surface area contributed by atoms with Gasteiger partial charge >= 0.3 is 0 Å². The van der Waals surface area contributed by atoms with Crippen LogP contribution in [0.3, 0.4) is 0 Å². The molecule has 1 aliphatic carbocycles. The van der Waals surface area contributed by atoms with Crippen LogP contribution in [0.15, 0.2) is 18.2 Å². The van der Waals surface area contributed by atoms with Crippen molar-refractivity contribution in [3.8, 4) is 6.07 Å². The lowest BCUT2D eigenvalue weighted by Crippen LogP contribution is -2.44. The van der Waals surface area contributed by atoms with E-state index in [-0.39, 0.29) is 11.9 Å². The molecule has 1 heterocycles. The van der Waals surface area contributed by atoms with Crippen LogP contribution in [-0.4, -0.2) is 24.5 Å². The molecule has 1 aliphatic heterocycles. The first kappa shape index (κ1) is 12.9. The molecule has 1 amide bonds. The molecule has 1 saturated carbocycles. The highest BCUT2D eigenvalue weighted by molar-refractivity contribution is 5.86. The number of nitriles is 1. The first-order chi connectivity index (χ1) is 9.69. The normalized spacial score (nSPS) is 21.6. The highest BCUT2D eigenvalue weighted by Crippen LogP contribution is 2.29. The molecule has 0 aromatic heterocycles. The molecule has 2 aliphatic rings. The first-order valence-electron chi connectivity index (χ1n) is 6.95. The van der Waals surface area contributed by atoms with Crippen molar-refractivity contribution in [1.29, 1.82) is 5.26 Å². The Labute approximate surface area is 117 Å². The van der Waals surface area contributed by atoms with Gasteiger partial charge in [0.25, 0.3) is 0 Å². The van der Waals surface area contributed by atoms with Crippen LogP contribution in [0.25, 0.3) is 0 Å². The molecule has 20 heavy (non-hydrogen) atoms. The van der Waals surface area contributed by atoms with Gasteiger partial charge in [0.15, 0.2) is 0 Å². The standard InChI is InChI=1S/C15H16FN3O/c16-12-8-10(9-17)3-6-13(12)19-7-1-2-14(19)15(20)18-11-4-5-11/h3,6,8,11,14H,1-2,4-5,7H2,(H,18,20)/t14-/m0/s1. The highest BCUT2D eigenvalue weighted by Gasteiger charge is 2.35. The molecular weight excluding hydrogens is 257 g/mol. The van der Waals surface area contributed by atoms with Crippen molar-refractivity contribution in [3.05, 3.63) is 29.6 Å². The number of hydrogen-bond donors (Lipinski definition) is 1. The van der Waals surface area contributed by atoms with Crippen LogP contribution >= 0.6 is 0 Å². The fraction of sp³-hybridized carbons (Fsp3) is 0.467. The number of halogens is 1. The minimum Gasteiger partial charge on any atom is -0.357 e. The van der Waals surface area contributed by atoms with Crippen LogP contribution in [0, 0.1) is 17.1 Å². The fourth-order valence-corrected chi connectivity index (χ4v) is 2.66. The number of anilines is 1. The van der Waals surface area contributed by atoms with E-state index in [1.165, 1.54) is 6.07 Å². The monoisotopic (exact) mass is 273 g/mol. The second kappa shape index (κ2) is 5.12. The van der Waals surface area contributed by atoms with E-state index in [9.17, 15) is 9.18 Å². The SMILES string of the molecule is N#Cc1ccc(N2CCC[C@H]2C(=O)NC2CC2)c(F)c1. The van der Waals surface area contributed by atoms with Gasteiger partial charge in [-0.15, -0.1) is 0 Å². The predicted molar refractivity (Wildman–Crippen MR) is 72.6 cm³/mol.